The van der Waals surface area contributed by atoms with Crippen LogP contribution in [0.5, 0.6) is 5.75 Å². The van der Waals surface area contributed by atoms with Gasteiger partial charge in [0.25, 0.3) is 0 Å². The molecule has 2 rings (SSSR count). The van der Waals surface area contributed by atoms with Gasteiger partial charge >= 0.3 is 10.1 Å². The van der Waals surface area contributed by atoms with E-state index in [9.17, 15) is 8.42 Å². The summed E-state index contributed by atoms with van der Waals surface area (Å²) >= 11 is 3.38. The van der Waals surface area contributed by atoms with Crippen molar-refractivity contribution >= 4 is 26.0 Å². The van der Waals surface area contributed by atoms with Gasteiger partial charge in [0.2, 0.25) is 0 Å². The van der Waals surface area contributed by atoms with Gasteiger partial charge in [0.1, 0.15) is 10.6 Å². The van der Waals surface area contributed by atoms with E-state index in [-0.39, 0.29) is 4.90 Å². The molecule has 5 heteroatoms. The molecular formula is C14H13BrO3S. The summed E-state index contributed by atoms with van der Waals surface area (Å²) in [5.74, 6) is 0.308. The van der Waals surface area contributed by atoms with Crippen molar-refractivity contribution in [3.05, 3.63) is 58.1 Å². The van der Waals surface area contributed by atoms with Crippen LogP contribution in [0, 0.1) is 13.8 Å². The molecule has 0 atom stereocenters. The molecule has 0 amide bonds. The number of benzene rings is 2. The zero-order valence-electron chi connectivity index (χ0n) is 10.6. The largest absolute Gasteiger partial charge is 0.379 e. The van der Waals surface area contributed by atoms with Crippen molar-refractivity contribution < 1.29 is 12.6 Å². The van der Waals surface area contributed by atoms with Crippen LogP contribution in [0.15, 0.2) is 51.8 Å². The van der Waals surface area contributed by atoms with E-state index in [0.29, 0.717) is 11.3 Å². The van der Waals surface area contributed by atoms with E-state index in [2.05, 4.69) is 15.9 Å². The molecule has 0 aliphatic carbocycles. The SMILES string of the molecule is Cc1cc(S(=O)(=O)Oc2ccccc2)c(C)cc1Br. The Bertz CT molecular complexity index is 694. The van der Waals surface area contributed by atoms with Gasteiger partial charge in [0.15, 0.2) is 0 Å². The normalized spacial score (nSPS) is 11.3. The van der Waals surface area contributed by atoms with Gasteiger partial charge in [-0.05, 0) is 49.2 Å². The van der Waals surface area contributed by atoms with E-state index < -0.39 is 10.1 Å². The van der Waals surface area contributed by atoms with Gasteiger partial charge in [-0.1, -0.05) is 34.1 Å². The molecule has 0 bridgehead atoms. The summed E-state index contributed by atoms with van der Waals surface area (Å²) in [7, 11) is -3.80. The van der Waals surface area contributed by atoms with Crippen LogP contribution in [-0.4, -0.2) is 8.42 Å². The summed E-state index contributed by atoms with van der Waals surface area (Å²) in [6.45, 7) is 3.58. The first-order valence-corrected chi connectivity index (χ1v) is 7.86. The highest BCUT2D eigenvalue weighted by atomic mass is 79.9. The summed E-state index contributed by atoms with van der Waals surface area (Å²) in [5.41, 5.74) is 1.49. The van der Waals surface area contributed by atoms with Crippen LogP contribution in [0.1, 0.15) is 11.1 Å². The third kappa shape index (κ3) is 3.16. The van der Waals surface area contributed by atoms with Crippen LogP contribution in [0.25, 0.3) is 0 Å². The van der Waals surface area contributed by atoms with Crippen molar-refractivity contribution in [3.8, 4) is 5.75 Å². The molecule has 100 valence electrons. The lowest BCUT2D eigenvalue weighted by molar-refractivity contribution is 0.485. The van der Waals surface area contributed by atoms with Crippen molar-refractivity contribution in [1.82, 2.24) is 0 Å². The van der Waals surface area contributed by atoms with E-state index >= 15 is 0 Å². The third-order valence-corrected chi connectivity index (χ3v) is 4.92. The molecule has 0 aromatic heterocycles. The van der Waals surface area contributed by atoms with Gasteiger partial charge in [0.05, 0.1) is 0 Å². The van der Waals surface area contributed by atoms with E-state index in [0.717, 1.165) is 10.0 Å². The van der Waals surface area contributed by atoms with Crippen molar-refractivity contribution in [2.45, 2.75) is 18.7 Å². The number of hydrogen-bond acceptors (Lipinski definition) is 3. The predicted molar refractivity (Wildman–Crippen MR) is 77.9 cm³/mol. The van der Waals surface area contributed by atoms with Crippen molar-refractivity contribution in [3.63, 3.8) is 0 Å². The maximum atomic E-state index is 12.2. The zero-order chi connectivity index (χ0) is 14.0. The van der Waals surface area contributed by atoms with Crippen LogP contribution in [0.3, 0.4) is 0 Å². The van der Waals surface area contributed by atoms with Crippen LogP contribution in [0.2, 0.25) is 0 Å². The molecule has 0 aliphatic rings. The Morgan fingerprint density at radius 3 is 2.26 bits per heavy atom. The molecule has 0 fully saturated rings. The highest BCUT2D eigenvalue weighted by Gasteiger charge is 2.20. The molecule has 2 aromatic rings. The van der Waals surface area contributed by atoms with Crippen LogP contribution < -0.4 is 4.18 Å². The van der Waals surface area contributed by atoms with Gasteiger partial charge in [-0.2, -0.15) is 8.42 Å². The smallest absolute Gasteiger partial charge is 0.339 e. The van der Waals surface area contributed by atoms with E-state index in [1.807, 2.05) is 6.92 Å². The summed E-state index contributed by atoms with van der Waals surface area (Å²) in [6, 6.07) is 11.9. The molecule has 0 N–H and O–H groups in total. The fourth-order valence-electron chi connectivity index (χ4n) is 1.67. The maximum absolute atomic E-state index is 12.2. The predicted octanol–water partition coefficient (Wildman–Crippen LogP) is 3.83. The molecule has 0 aliphatic heterocycles. The second-order valence-electron chi connectivity index (χ2n) is 4.22. The second kappa shape index (κ2) is 5.35. The monoisotopic (exact) mass is 340 g/mol. The third-order valence-electron chi connectivity index (χ3n) is 2.67. The fraction of sp³-hybridized carbons (Fsp3) is 0.143. The number of rotatable bonds is 3. The van der Waals surface area contributed by atoms with Crippen LogP contribution in [-0.2, 0) is 10.1 Å². The molecule has 0 radical (unpaired) electrons. The van der Waals surface area contributed by atoms with Crippen molar-refractivity contribution in [2.24, 2.45) is 0 Å². The highest BCUT2D eigenvalue weighted by Crippen LogP contribution is 2.26. The fourth-order valence-corrected chi connectivity index (χ4v) is 3.36. The Kier molecular flexibility index (Phi) is 3.96. The lowest BCUT2D eigenvalue weighted by Crippen LogP contribution is -2.11. The highest BCUT2D eigenvalue weighted by molar-refractivity contribution is 9.10. The number of halogens is 1. The lowest BCUT2D eigenvalue weighted by Gasteiger charge is -2.11. The molecular weight excluding hydrogens is 328 g/mol. The first-order chi connectivity index (χ1) is 8.90. The Morgan fingerprint density at radius 1 is 1.00 bits per heavy atom. The Balaban J connectivity index is 2.43. The summed E-state index contributed by atoms with van der Waals surface area (Å²) in [5, 5.41) is 0. The molecule has 0 saturated heterocycles. The Labute approximate surface area is 121 Å². The van der Waals surface area contributed by atoms with Gasteiger partial charge in [-0.3, -0.25) is 0 Å². The average molecular weight is 341 g/mol. The summed E-state index contributed by atoms with van der Waals surface area (Å²) in [6.07, 6.45) is 0. The topological polar surface area (TPSA) is 43.4 Å². The average Bonchev–Trinajstić information content (AvgIpc) is 2.34. The minimum atomic E-state index is -3.80. The molecule has 0 saturated carbocycles. The number of para-hydroxylation sites is 1. The zero-order valence-corrected chi connectivity index (χ0v) is 13.0. The minimum Gasteiger partial charge on any atom is -0.379 e. The van der Waals surface area contributed by atoms with E-state index in [1.165, 1.54) is 0 Å². The van der Waals surface area contributed by atoms with Crippen molar-refractivity contribution in [2.75, 3.05) is 0 Å². The second-order valence-corrected chi connectivity index (χ2v) is 6.59. The molecule has 2 aromatic carbocycles. The van der Waals surface area contributed by atoms with Gasteiger partial charge < -0.3 is 4.18 Å². The Morgan fingerprint density at radius 2 is 1.63 bits per heavy atom. The standard InChI is InChI=1S/C14H13BrO3S/c1-10-9-14(11(2)8-13(10)15)19(16,17)18-12-6-4-3-5-7-12/h3-9H,1-2H3. The van der Waals surface area contributed by atoms with Crippen molar-refractivity contribution in [1.29, 1.82) is 0 Å². The molecule has 3 nitrogen and oxygen atoms in total. The Hall–Kier alpha value is -1.33. The van der Waals surface area contributed by atoms with Gasteiger partial charge in [-0.15, -0.1) is 0 Å². The summed E-state index contributed by atoms with van der Waals surface area (Å²) < 4.78 is 30.5. The molecule has 0 heterocycles. The first-order valence-electron chi connectivity index (χ1n) is 5.66. The quantitative estimate of drug-likeness (QED) is 0.797. The van der Waals surface area contributed by atoms with Gasteiger partial charge in [0, 0.05) is 4.47 Å². The number of hydrogen-bond donors (Lipinski definition) is 0. The lowest BCUT2D eigenvalue weighted by atomic mass is 10.2. The first kappa shape index (κ1) is 14.1. The van der Waals surface area contributed by atoms with E-state index in [1.54, 1.807) is 49.4 Å². The molecule has 0 spiro atoms. The van der Waals surface area contributed by atoms with Crippen LogP contribution in [0.4, 0.5) is 0 Å². The van der Waals surface area contributed by atoms with Gasteiger partial charge in [-0.25, -0.2) is 0 Å². The van der Waals surface area contributed by atoms with E-state index in [4.69, 9.17) is 4.18 Å². The maximum Gasteiger partial charge on any atom is 0.339 e. The number of aryl methyl sites for hydroxylation is 2. The van der Waals surface area contributed by atoms with Crippen LogP contribution >= 0.6 is 15.9 Å². The molecule has 0 unspecified atom stereocenters. The minimum absolute atomic E-state index is 0.192. The summed E-state index contributed by atoms with van der Waals surface area (Å²) in [4.78, 5) is 0.192. The molecule has 19 heavy (non-hydrogen) atoms.